The van der Waals surface area contributed by atoms with Crippen molar-refractivity contribution in [2.75, 3.05) is 60.0 Å². The van der Waals surface area contributed by atoms with Crippen LogP contribution in [0.3, 0.4) is 0 Å². The fraction of sp³-hybridized carbons (Fsp3) is 0.429. The molecule has 0 aliphatic rings. The Balaban J connectivity index is 0. The van der Waals surface area contributed by atoms with Crippen LogP contribution in [0, 0.1) is 0 Å². The monoisotopic (exact) mass is 626 g/mol. The van der Waals surface area contributed by atoms with Gasteiger partial charge in [0, 0.05) is 81.8 Å². The minimum Gasteiger partial charge on any atom is -0.355 e. The van der Waals surface area contributed by atoms with Crippen molar-refractivity contribution in [2.24, 2.45) is 0 Å². The van der Waals surface area contributed by atoms with E-state index in [1.165, 1.54) is 39.7 Å². The molecule has 1 N–H and O–H groups in total. The number of hydrogen-bond acceptors (Lipinski definition) is 0. The first-order valence-corrected chi connectivity index (χ1v) is 21.0. The quantitative estimate of drug-likeness (QED) is 0.253. The molecule has 1 heterocycles. The molecule has 0 amide bonds. The van der Waals surface area contributed by atoms with Crippen LogP contribution in [0.5, 0.6) is 0 Å². The molecular formula is C21H39ClIrNP3+5. The molecule has 0 saturated carbocycles. The number of hydrogen-bond donors (Lipinski definition) is 1. The number of benzene rings is 2. The standard InChI is InChI=1S/C12H9N.3C3H9P.ClH.Ir/c1-3-7-11-9(5-1)10-6-2-4-8-12(10)13-11;3*1-4(2)3;;/h1-8,13H;3*1-3H3;1H;/q;;;;;+3/p+2. The normalized spacial score (nSPS) is 9.56. The van der Waals surface area contributed by atoms with E-state index in [-0.39, 0.29) is 23.8 Å². The van der Waals surface area contributed by atoms with Crippen LogP contribution in [-0.4, -0.2) is 65.0 Å². The zero-order valence-electron chi connectivity index (χ0n) is 18.3. The van der Waals surface area contributed by atoms with Crippen molar-refractivity contribution < 1.29 is 17.9 Å². The Kier molecular flexibility index (Phi) is 20.3. The summed E-state index contributed by atoms with van der Waals surface area (Å²) in [6, 6.07) is 16.8. The third kappa shape index (κ3) is 17.1. The molecule has 1 aromatic heterocycles. The summed E-state index contributed by atoms with van der Waals surface area (Å²) in [7, 11) is 5.00. The van der Waals surface area contributed by atoms with Gasteiger partial charge in [-0.3, -0.25) is 0 Å². The molecule has 2 aromatic carbocycles. The van der Waals surface area contributed by atoms with Crippen molar-refractivity contribution in [3.8, 4) is 0 Å². The Morgan fingerprint density at radius 2 is 0.778 bits per heavy atom. The third-order valence-electron chi connectivity index (χ3n) is 2.41. The SMILES string of the molecule is C[PH+](C)C.C[PH+](C)C.C[PH+](C)C.[Cl][Ir+2].c1ccc2c(c1)[nH]c1ccccc12. The van der Waals surface area contributed by atoms with Crippen LogP contribution < -0.4 is 0 Å². The molecule has 3 aromatic rings. The van der Waals surface area contributed by atoms with Gasteiger partial charge in [-0.25, -0.2) is 0 Å². The van der Waals surface area contributed by atoms with E-state index in [0.717, 1.165) is 0 Å². The third-order valence-corrected chi connectivity index (χ3v) is 2.41. The van der Waals surface area contributed by atoms with Crippen molar-refractivity contribution in [3.63, 3.8) is 0 Å². The van der Waals surface area contributed by atoms with Crippen LogP contribution in [0.25, 0.3) is 21.8 Å². The molecule has 0 radical (unpaired) electrons. The molecule has 0 atom stereocenters. The van der Waals surface area contributed by atoms with Crippen molar-refractivity contribution >= 4 is 55.2 Å². The summed E-state index contributed by atoms with van der Waals surface area (Å²) in [6.07, 6.45) is 0. The molecular weight excluding hydrogens is 587 g/mol. The molecule has 6 heteroatoms. The molecule has 3 rings (SSSR count). The van der Waals surface area contributed by atoms with E-state index in [1.54, 1.807) is 0 Å². The Hall–Kier alpha value is 0.469. The van der Waals surface area contributed by atoms with Crippen LogP contribution in [0.1, 0.15) is 0 Å². The molecule has 0 fully saturated rings. The average Bonchev–Trinajstić information content (AvgIpc) is 2.94. The van der Waals surface area contributed by atoms with Gasteiger partial charge < -0.3 is 4.98 Å². The van der Waals surface area contributed by atoms with Crippen molar-refractivity contribution in [1.29, 1.82) is 0 Å². The fourth-order valence-electron chi connectivity index (χ4n) is 1.80. The maximum atomic E-state index is 4.64. The fourth-order valence-corrected chi connectivity index (χ4v) is 1.80. The Bertz CT molecular complexity index is 642. The molecule has 0 bridgehead atoms. The van der Waals surface area contributed by atoms with E-state index in [9.17, 15) is 0 Å². The predicted octanol–water partition coefficient (Wildman–Crippen LogP) is 7.28. The van der Waals surface area contributed by atoms with Crippen LogP contribution in [0.2, 0.25) is 0 Å². The van der Waals surface area contributed by atoms with E-state index < -0.39 is 0 Å². The maximum absolute atomic E-state index is 4.64. The summed E-state index contributed by atoms with van der Waals surface area (Å²) in [5, 5.41) is 2.61. The first-order valence-electron chi connectivity index (χ1n) is 9.03. The van der Waals surface area contributed by atoms with E-state index in [2.05, 4.69) is 123 Å². The van der Waals surface area contributed by atoms with Crippen molar-refractivity contribution in [2.45, 2.75) is 0 Å². The number of halogens is 1. The molecule has 0 spiro atoms. The average molecular weight is 626 g/mol. The first kappa shape index (κ1) is 29.7. The van der Waals surface area contributed by atoms with Crippen molar-refractivity contribution in [1.82, 2.24) is 4.98 Å². The van der Waals surface area contributed by atoms with Gasteiger partial charge in [0.05, 0.1) is 0 Å². The minimum absolute atomic E-state index is 0.120. The zero-order valence-corrected chi connectivity index (χ0v) is 24.5. The van der Waals surface area contributed by atoms with Gasteiger partial charge in [-0.15, -0.1) is 0 Å². The smallest absolute Gasteiger partial charge is 0.0464 e. The summed E-state index contributed by atoms with van der Waals surface area (Å²) < 4.78 is 0. The Labute approximate surface area is 185 Å². The first-order chi connectivity index (χ1) is 12.6. The van der Waals surface area contributed by atoms with Gasteiger partial charge in [-0.1, -0.05) is 36.4 Å². The number of para-hydroxylation sites is 2. The summed E-state index contributed by atoms with van der Waals surface area (Å²) in [6.45, 7) is 20.4. The van der Waals surface area contributed by atoms with Crippen LogP contribution in [0.4, 0.5) is 0 Å². The predicted molar refractivity (Wildman–Crippen MR) is 140 cm³/mol. The molecule has 0 aliphatic heterocycles. The van der Waals surface area contributed by atoms with Gasteiger partial charge >= 0.3 is 27.5 Å². The molecule has 0 unspecified atom stereocenters. The van der Waals surface area contributed by atoms with Gasteiger partial charge in [0.15, 0.2) is 0 Å². The van der Waals surface area contributed by atoms with Crippen LogP contribution >= 0.6 is 33.3 Å². The van der Waals surface area contributed by atoms with E-state index >= 15 is 0 Å². The van der Waals surface area contributed by atoms with Crippen LogP contribution in [0.15, 0.2) is 48.5 Å². The van der Waals surface area contributed by atoms with E-state index in [0.29, 0.717) is 0 Å². The Morgan fingerprint density at radius 3 is 1.04 bits per heavy atom. The second kappa shape index (κ2) is 18.5. The number of H-pyrrole nitrogens is 1. The zero-order chi connectivity index (χ0) is 21.4. The second-order valence-corrected chi connectivity index (χ2v) is 16.7. The number of rotatable bonds is 0. The number of aromatic amines is 1. The summed E-state index contributed by atoms with van der Waals surface area (Å²) >= 11 is 1.47. The van der Waals surface area contributed by atoms with E-state index in [1.807, 2.05) is 0 Å². The summed E-state index contributed by atoms with van der Waals surface area (Å²) in [5.74, 6) is 0. The van der Waals surface area contributed by atoms with Gasteiger partial charge in [-0.05, 0) is 35.9 Å². The van der Waals surface area contributed by atoms with Gasteiger partial charge in [0.1, 0.15) is 0 Å². The molecule has 0 saturated heterocycles. The minimum atomic E-state index is 0.120. The maximum Gasteiger partial charge on any atom is 0.0464 e. The molecule has 0 aliphatic carbocycles. The number of nitrogens with one attached hydrogen (secondary N) is 1. The largest absolute Gasteiger partial charge is 0.355 e. The topological polar surface area (TPSA) is 15.8 Å². The number of fused-ring (bicyclic) bond motifs is 3. The Morgan fingerprint density at radius 1 is 0.556 bits per heavy atom. The van der Waals surface area contributed by atoms with Crippen molar-refractivity contribution in [3.05, 3.63) is 48.5 Å². The summed E-state index contributed by atoms with van der Waals surface area (Å²) in [5.41, 5.74) is 2.42. The molecule has 1 nitrogen and oxygen atoms in total. The molecule has 27 heavy (non-hydrogen) atoms. The van der Waals surface area contributed by atoms with Crippen LogP contribution in [-0.2, 0) is 17.9 Å². The number of aromatic nitrogens is 1. The van der Waals surface area contributed by atoms with Gasteiger partial charge in [0.2, 0.25) is 0 Å². The molecule has 154 valence electrons. The second-order valence-electron chi connectivity index (χ2n) is 7.72. The van der Waals surface area contributed by atoms with Gasteiger partial charge in [-0.2, -0.15) is 0 Å². The van der Waals surface area contributed by atoms with Gasteiger partial charge in [0.25, 0.3) is 0 Å². The summed E-state index contributed by atoms with van der Waals surface area (Å²) in [4.78, 5) is 3.38. The van der Waals surface area contributed by atoms with E-state index in [4.69, 9.17) is 0 Å².